The maximum atomic E-state index is 5.21. The molecule has 0 bridgehead atoms. The molecule has 0 saturated carbocycles. The highest BCUT2D eigenvalue weighted by Crippen LogP contribution is 2.32. The lowest BCUT2D eigenvalue weighted by atomic mass is 10.2. The van der Waals surface area contributed by atoms with Gasteiger partial charge in [-0.2, -0.15) is 0 Å². The summed E-state index contributed by atoms with van der Waals surface area (Å²) in [5.41, 5.74) is 2.07. The Hall–Kier alpha value is -1.07. The SMILES string of the molecule is COc1ccc(-c2csc(N(C)C)n2)cc1Br. The Morgan fingerprint density at radius 2 is 2.12 bits per heavy atom. The number of halogens is 1. The standard InChI is InChI=1S/C12H13BrN2OS/c1-15(2)12-14-10(7-17-12)8-4-5-11(16-3)9(13)6-8/h4-7H,1-3H3. The number of methoxy groups -OCH3 is 1. The van der Waals surface area contributed by atoms with E-state index in [2.05, 4.69) is 26.3 Å². The van der Waals surface area contributed by atoms with Crippen molar-refractivity contribution in [3.8, 4) is 17.0 Å². The van der Waals surface area contributed by atoms with E-state index in [4.69, 9.17) is 4.74 Å². The first kappa shape index (κ1) is 12.4. The first-order chi connectivity index (χ1) is 8.11. The van der Waals surface area contributed by atoms with Gasteiger partial charge >= 0.3 is 0 Å². The lowest BCUT2D eigenvalue weighted by Gasteiger charge is -2.06. The molecule has 0 amide bonds. The fraction of sp³-hybridized carbons (Fsp3) is 0.250. The van der Waals surface area contributed by atoms with Gasteiger partial charge < -0.3 is 9.64 Å². The minimum Gasteiger partial charge on any atom is -0.496 e. The Balaban J connectivity index is 2.36. The predicted molar refractivity (Wildman–Crippen MR) is 76.1 cm³/mol. The summed E-state index contributed by atoms with van der Waals surface area (Å²) in [5, 5.41) is 3.07. The molecule has 0 spiro atoms. The van der Waals surface area contributed by atoms with Gasteiger partial charge in [0.05, 0.1) is 17.3 Å². The molecular weight excluding hydrogens is 300 g/mol. The average molecular weight is 313 g/mol. The van der Waals surface area contributed by atoms with Crippen LogP contribution in [-0.2, 0) is 0 Å². The Labute approximate surface area is 113 Å². The van der Waals surface area contributed by atoms with Gasteiger partial charge in [0.1, 0.15) is 5.75 Å². The average Bonchev–Trinajstić information content (AvgIpc) is 2.78. The molecule has 17 heavy (non-hydrogen) atoms. The first-order valence-corrected chi connectivity index (χ1v) is 6.76. The van der Waals surface area contributed by atoms with Crippen LogP contribution in [0.5, 0.6) is 5.75 Å². The molecule has 0 atom stereocenters. The van der Waals surface area contributed by atoms with Crippen LogP contribution in [0, 0.1) is 0 Å². The summed E-state index contributed by atoms with van der Waals surface area (Å²) in [4.78, 5) is 6.57. The maximum absolute atomic E-state index is 5.21. The number of nitrogens with zero attached hydrogens (tertiary/aromatic N) is 2. The van der Waals surface area contributed by atoms with Crippen molar-refractivity contribution in [2.75, 3.05) is 26.1 Å². The summed E-state index contributed by atoms with van der Waals surface area (Å²) in [6, 6.07) is 5.97. The van der Waals surface area contributed by atoms with Gasteiger partial charge in [0.25, 0.3) is 0 Å². The van der Waals surface area contributed by atoms with Crippen LogP contribution < -0.4 is 9.64 Å². The fourth-order valence-electron chi connectivity index (χ4n) is 1.43. The van der Waals surface area contributed by atoms with Crippen molar-refractivity contribution in [3.63, 3.8) is 0 Å². The molecule has 3 nitrogen and oxygen atoms in total. The molecule has 0 N–H and O–H groups in total. The lowest BCUT2D eigenvalue weighted by Crippen LogP contribution is -2.07. The van der Waals surface area contributed by atoms with Crippen LogP contribution in [0.4, 0.5) is 5.13 Å². The summed E-state index contributed by atoms with van der Waals surface area (Å²) in [5.74, 6) is 0.830. The van der Waals surface area contributed by atoms with Gasteiger partial charge in [-0.25, -0.2) is 4.98 Å². The van der Waals surface area contributed by atoms with Crippen LogP contribution in [0.25, 0.3) is 11.3 Å². The van der Waals surface area contributed by atoms with Crippen LogP contribution >= 0.6 is 27.3 Å². The highest BCUT2D eigenvalue weighted by molar-refractivity contribution is 9.10. The van der Waals surface area contributed by atoms with E-state index < -0.39 is 0 Å². The van der Waals surface area contributed by atoms with Crippen LogP contribution in [0.2, 0.25) is 0 Å². The molecule has 0 saturated heterocycles. The third-order valence-corrected chi connectivity index (χ3v) is 3.95. The van der Waals surface area contributed by atoms with E-state index in [1.54, 1.807) is 18.4 Å². The molecular formula is C12H13BrN2OS. The van der Waals surface area contributed by atoms with Crippen LogP contribution in [-0.4, -0.2) is 26.2 Å². The van der Waals surface area contributed by atoms with E-state index in [9.17, 15) is 0 Å². The van der Waals surface area contributed by atoms with E-state index >= 15 is 0 Å². The van der Waals surface area contributed by atoms with Gasteiger partial charge in [0.2, 0.25) is 0 Å². The summed E-state index contributed by atoms with van der Waals surface area (Å²) < 4.78 is 6.15. The van der Waals surface area contributed by atoms with E-state index in [1.165, 1.54) is 0 Å². The molecule has 5 heteroatoms. The Morgan fingerprint density at radius 3 is 2.65 bits per heavy atom. The molecule has 0 aliphatic rings. The minimum atomic E-state index is 0.830. The van der Waals surface area contributed by atoms with Crippen molar-refractivity contribution in [2.45, 2.75) is 0 Å². The third-order valence-electron chi connectivity index (χ3n) is 2.32. The smallest absolute Gasteiger partial charge is 0.185 e. The largest absolute Gasteiger partial charge is 0.496 e. The van der Waals surface area contributed by atoms with Crippen molar-refractivity contribution in [2.24, 2.45) is 0 Å². The van der Waals surface area contributed by atoms with Crippen molar-refractivity contribution in [3.05, 3.63) is 28.1 Å². The van der Waals surface area contributed by atoms with Gasteiger partial charge in [-0.1, -0.05) is 0 Å². The fourth-order valence-corrected chi connectivity index (χ4v) is 2.74. The van der Waals surface area contributed by atoms with Crippen molar-refractivity contribution >= 4 is 32.4 Å². The molecule has 0 aliphatic carbocycles. The molecule has 1 heterocycles. The Bertz CT molecular complexity index is 525. The monoisotopic (exact) mass is 312 g/mol. The van der Waals surface area contributed by atoms with E-state index in [0.29, 0.717) is 0 Å². The number of hydrogen-bond donors (Lipinski definition) is 0. The number of hydrogen-bond acceptors (Lipinski definition) is 4. The van der Waals surface area contributed by atoms with E-state index in [-0.39, 0.29) is 0 Å². The first-order valence-electron chi connectivity index (χ1n) is 5.08. The molecule has 0 unspecified atom stereocenters. The number of anilines is 1. The Kier molecular flexibility index (Phi) is 3.69. The van der Waals surface area contributed by atoms with Crippen molar-refractivity contribution < 1.29 is 4.74 Å². The molecule has 1 aromatic heterocycles. The van der Waals surface area contributed by atoms with Gasteiger partial charge in [-0.3, -0.25) is 0 Å². The molecule has 0 radical (unpaired) electrons. The minimum absolute atomic E-state index is 0.830. The second kappa shape index (κ2) is 5.06. The molecule has 2 aromatic rings. The summed E-state index contributed by atoms with van der Waals surface area (Å²) >= 11 is 5.12. The highest BCUT2D eigenvalue weighted by Gasteiger charge is 2.08. The van der Waals surface area contributed by atoms with E-state index in [0.717, 1.165) is 26.6 Å². The van der Waals surface area contributed by atoms with E-state index in [1.807, 2.05) is 37.2 Å². The second-order valence-corrected chi connectivity index (χ2v) is 5.45. The quantitative estimate of drug-likeness (QED) is 0.865. The number of benzene rings is 1. The highest BCUT2D eigenvalue weighted by atomic mass is 79.9. The molecule has 90 valence electrons. The number of aromatic nitrogens is 1. The number of rotatable bonds is 3. The zero-order valence-corrected chi connectivity index (χ0v) is 12.3. The molecule has 0 fully saturated rings. The molecule has 0 aliphatic heterocycles. The zero-order valence-electron chi connectivity index (χ0n) is 9.90. The van der Waals surface area contributed by atoms with Crippen LogP contribution in [0.15, 0.2) is 28.1 Å². The van der Waals surface area contributed by atoms with Crippen molar-refractivity contribution in [1.82, 2.24) is 4.98 Å². The van der Waals surface area contributed by atoms with Crippen LogP contribution in [0.1, 0.15) is 0 Å². The van der Waals surface area contributed by atoms with Crippen molar-refractivity contribution in [1.29, 1.82) is 0 Å². The van der Waals surface area contributed by atoms with Gasteiger partial charge in [-0.15, -0.1) is 11.3 Å². The third kappa shape index (κ3) is 2.61. The summed E-state index contributed by atoms with van der Waals surface area (Å²) in [7, 11) is 5.64. The predicted octanol–water partition coefficient (Wildman–Crippen LogP) is 3.65. The summed E-state index contributed by atoms with van der Waals surface area (Å²) in [6.07, 6.45) is 0. The molecule has 2 rings (SSSR count). The number of thiazole rings is 1. The maximum Gasteiger partial charge on any atom is 0.185 e. The van der Waals surface area contributed by atoms with Gasteiger partial charge in [0, 0.05) is 25.0 Å². The number of ether oxygens (including phenoxy) is 1. The van der Waals surface area contributed by atoms with Gasteiger partial charge in [-0.05, 0) is 34.1 Å². The topological polar surface area (TPSA) is 25.4 Å². The summed E-state index contributed by atoms with van der Waals surface area (Å²) in [6.45, 7) is 0. The second-order valence-electron chi connectivity index (χ2n) is 3.76. The lowest BCUT2D eigenvalue weighted by molar-refractivity contribution is 0.412. The van der Waals surface area contributed by atoms with Crippen LogP contribution in [0.3, 0.4) is 0 Å². The van der Waals surface area contributed by atoms with Gasteiger partial charge in [0.15, 0.2) is 5.13 Å². The Morgan fingerprint density at radius 1 is 1.35 bits per heavy atom. The molecule has 1 aromatic carbocycles. The zero-order chi connectivity index (χ0) is 12.4. The normalized spacial score (nSPS) is 10.4.